The second-order valence-electron chi connectivity index (χ2n) is 8.09. The van der Waals surface area contributed by atoms with Crippen molar-refractivity contribution in [3.05, 3.63) is 47.8 Å². The Morgan fingerprint density at radius 3 is 2.61 bits per heavy atom. The van der Waals surface area contributed by atoms with Crippen LogP contribution in [0.4, 0.5) is 0 Å². The molecule has 28 heavy (non-hydrogen) atoms. The van der Waals surface area contributed by atoms with Crippen LogP contribution in [0.15, 0.2) is 36.5 Å². The number of ether oxygens (including phenoxy) is 1. The number of aliphatic hydroxyl groups excluding tert-OH is 1. The number of methoxy groups -OCH3 is 1. The fourth-order valence-corrected chi connectivity index (χ4v) is 3.97. The molecular weight excluding hydrogens is 350 g/mol. The van der Waals surface area contributed by atoms with Gasteiger partial charge in [0, 0.05) is 47.0 Å². The highest BCUT2D eigenvalue weighted by molar-refractivity contribution is 6.15. The lowest BCUT2D eigenvalue weighted by Gasteiger charge is -2.23. The third kappa shape index (κ3) is 2.91. The summed E-state index contributed by atoms with van der Waals surface area (Å²) in [5.74, 6) is 0.857. The zero-order valence-corrected chi connectivity index (χ0v) is 17.1. The van der Waals surface area contributed by atoms with Gasteiger partial charge in [-0.05, 0) is 62.1 Å². The molecule has 0 fully saturated rings. The molecule has 0 saturated carbocycles. The van der Waals surface area contributed by atoms with E-state index in [0.29, 0.717) is 6.54 Å². The van der Waals surface area contributed by atoms with Crippen LogP contribution in [0.5, 0.6) is 5.75 Å². The maximum atomic E-state index is 9.54. The highest BCUT2D eigenvalue weighted by atomic mass is 16.5. The Balaban J connectivity index is 1.99. The number of nitrogens with one attached hydrogen (secondary N) is 1. The van der Waals surface area contributed by atoms with Gasteiger partial charge in [0.1, 0.15) is 5.75 Å². The first-order valence-corrected chi connectivity index (χ1v) is 9.55. The number of aryl methyl sites for hydroxylation is 2. The second kappa shape index (κ2) is 6.76. The Morgan fingerprint density at radius 2 is 1.89 bits per heavy atom. The molecule has 2 heterocycles. The van der Waals surface area contributed by atoms with E-state index in [9.17, 15) is 5.11 Å². The van der Waals surface area contributed by atoms with Crippen molar-refractivity contribution in [2.45, 2.75) is 32.9 Å². The fraction of sp³-hybridized carbons (Fsp3) is 0.348. The number of rotatable bonds is 5. The quantitative estimate of drug-likeness (QED) is 0.551. The van der Waals surface area contributed by atoms with Crippen molar-refractivity contribution in [2.24, 2.45) is 7.05 Å². The SMILES string of the molecule is COc1ccc2c(c1)c1cc3c(CNC(C)(C)CO)nccc3c(C)c1n2C. The van der Waals surface area contributed by atoms with Crippen LogP contribution in [0.2, 0.25) is 0 Å². The van der Waals surface area contributed by atoms with E-state index in [2.05, 4.69) is 53.1 Å². The number of hydrogen-bond donors (Lipinski definition) is 2. The molecule has 0 spiro atoms. The minimum absolute atomic E-state index is 0.0736. The van der Waals surface area contributed by atoms with E-state index in [0.717, 1.165) is 16.8 Å². The van der Waals surface area contributed by atoms with Crippen LogP contribution < -0.4 is 10.1 Å². The average Bonchev–Trinajstić information content (AvgIpc) is 2.98. The fourth-order valence-electron chi connectivity index (χ4n) is 3.97. The third-order valence-electron chi connectivity index (χ3n) is 5.70. The van der Waals surface area contributed by atoms with Gasteiger partial charge in [-0.25, -0.2) is 0 Å². The highest BCUT2D eigenvalue weighted by Crippen LogP contribution is 2.37. The molecule has 0 unspecified atom stereocenters. The van der Waals surface area contributed by atoms with Crippen LogP contribution in [0, 0.1) is 6.92 Å². The summed E-state index contributed by atoms with van der Waals surface area (Å²) in [5.41, 5.74) is 4.30. The Morgan fingerprint density at radius 1 is 1.11 bits per heavy atom. The number of nitrogens with zero attached hydrogens (tertiary/aromatic N) is 2. The molecule has 0 atom stereocenters. The molecule has 2 aromatic carbocycles. The molecule has 0 bridgehead atoms. The van der Waals surface area contributed by atoms with E-state index in [1.165, 1.54) is 32.8 Å². The summed E-state index contributed by atoms with van der Waals surface area (Å²) in [6.45, 7) is 6.82. The van der Waals surface area contributed by atoms with Gasteiger partial charge in [-0.2, -0.15) is 0 Å². The molecule has 2 aromatic heterocycles. The van der Waals surface area contributed by atoms with Gasteiger partial charge in [-0.15, -0.1) is 0 Å². The Kier molecular flexibility index (Phi) is 4.52. The number of benzene rings is 2. The second-order valence-corrected chi connectivity index (χ2v) is 8.09. The average molecular weight is 377 g/mol. The summed E-state index contributed by atoms with van der Waals surface area (Å²) in [6.07, 6.45) is 1.87. The summed E-state index contributed by atoms with van der Waals surface area (Å²) in [5, 5.41) is 17.7. The molecule has 4 rings (SSSR count). The topological polar surface area (TPSA) is 59.3 Å². The number of aromatic nitrogens is 2. The van der Waals surface area contributed by atoms with Gasteiger partial charge in [0.05, 0.1) is 24.9 Å². The maximum Gasteiger partial charge on any atom is 0.119 e. The Bertz CT molecular complexity index is 1190. The predicted molar refractivity (Wildman–Crippen MR) is 115 cm³/mol. The smallest absolute Gasteiger partial charge is 0.119 e. The molecule has 5 heteroatoms. The molecule has 4 aromatic rings. The largest absolute Gasteiger partial charge is 0.497 e. The van der Waals surface area contributed by atoms with E-state index in [4.69, 9.17) is 4.74 Å². The first-order chi connectivity index (χ1) is 13.4. The summed E-state index contributed by atoms with van der Waals surface area (Å²) >= 11 is 0. The van der Waals surface area contributed by atoms with Gasteiger partial charge < -0.3 is 19.7 Å². The Labute approximate surface area is 164 Å². The van der Waals surface area contributed by atoms with Gasteiger partial charge >= 0.3 is 0 Å². The van der Waals surface area contributed by atoms with E-state index in [1.54, 1.807) is 7.11 Å². The first kappa shape index (κ1) is 18.7. The molecular formula is C23H27N3O2. The van der Waals surface area contributed by atoms with Crippen molar-refractivity contribution < 1.29 is 9.84 Å². The zero-order chi connectivity index (χ0) is 20.1. The predicted octanol–water partition coefficient (Wildman–Crippen LogP) is 4.06. The van der Waals surface area contributed by atoms with E-state index in [1.807, 2.05) is 26.1 Å². The Hall–Kier alpha value is -2.63. The molecule has 0 saturated heterocycles. The van der Waals surface area contributed by atoms with Crippen molar-refractivity contribution in [1.82, 2.24) is 14.9 Å². The number of pyridine rings is 1. The lowest BCUT2D eigenvalue weighted by Crippen LogP contribution is -2.42. The van der Waals surface area contributed by atoms with Crippen LogP contribution in [-0.4, -0.2) is 33.9 Å². The van der Waals surface area contributed by atoms with E-state index in [-0.39, 0.29) is 12.1 Å². The van der Waals surface area contributed by atoms with Crippen molar-refractivity contribution in [3.63, 3.8) is 0 Å². The number of aliphatic hydroxyl groups is 1. The van der Waals surface area contributed by atoms with Gasteiger partial charge in [-0.3, -0.25) is 4.98 Å². The van der Waals surface area contributed by atoms with Crippen molar-refractivity contribution in [1.29, 1.82) is 0 Å². The monoisotopic (exact) mass is 377 g/mol. The van der Waals surface area contributed by atoms with Crippen LogP contribution in [-0.2, 0) is 13.6 Å². The zero-order valence-electron chi connectivity index (χ0n) is 17.1. The molecule has 5 nitrogen and oxygen atoms in total. The van der Waals surface area contributed by atoms with Crippen molar-refractivity contribution >= 4 is 32.6 Å². The summed E-state index contributed by atoms with van der Waals surface area (Å²) in [4.78, 5) is 4.64. The van der Waals surface area contributed by atoms with Gasteiger partial charge in [0.25, 0.3) is 0 Å². The first-order valence-electron chi connectivity index (χ1n) is 9.55. The van der Waals surface area contributed by atoms with Crippen LogP contribution >= 0.6 is 0 Å². The molecule has 0 aliphatic heterocycles. The molecule has 2 N–H and O–H groups in total. The van der Waals surface area contributed by atoms with Gasteiger partial charge in [0.2, 0.25) is 0 Å². The molecule has 0 radical (unpaired) electrons. The van der Waals surface area contributed by atoms with Crippen molar-refractivity contribution in [3.8, 4) is 5.75 Å². The molecule has 0 aliphatic rings. The van der Waals surface area contributed by atoms with Crippen molar-refractivity contribution in [2.75, 3.05) is 13.7 Å². The van der Waals surface area contributed by atoms with Gasteiger partial charge in [0.15, 0.2) is 0 Å². The summed E-state index contributed by atoms with van der Waals surface area (Å²) in [6, 6.07) is 10.6. The highest BCUT2D eigenvalue weighted by Gasteiger charge is 2.18. The maximum absolute atomic E-state index is 9.54. The summed E-state index contributed by atoms with van der Waals surface area (Å²) < 4.78 is 7.71. The number of fused-ring (bicyclic) bond motifs is 4. The summed E-state index contributed by atoms with van der Waals surface area (Å²) in [7, 11) is 3.81. The van der Waals surface area contributed by atoms with Gasteiger partial charge in [-0.1, -0.05) is 0 Å². The van der Waals surface area contributed by atoms with E-state index >= 15 is 0 Å². The minimum Gasteiger partial charge on any atom is -0.497 e. The number of hydrogen-bond acceptors (Lipinski definition) is 4. The minimum atomic E-state index is -0.351. The molecule has 0 amide bonds. The van der Waals surface area contributed by atoms with Crippen LogP contribution in [0.3, 0.4) is 0 Å². The molecule has 146 valence electrons. The lowest BCUT2D eigenvalue weighted by molar-refractivity contribution is 0.187. The van der Waals surface area contributed by atoms with Crippen LogP contribution in [0.1, 0.15) is 25.1 Å². The normalized spacial score (nSPS) is 12.4. The van der Waals surface area contributed by atoms with Crippen LogP contribution in [0.25, 0.3) is 32.6 Å². The lowest BCUT2D eigenvalue weighted by atomic mass is 9.99. The van der Waals surface area contributed by atoms with E-state index < -0.39 is 0 Å². The standard InChI is InChI=1S/C23H27N3O2/c1-14-16-8-9-24-20(12-25-23(2,3)13-27)17(16)11-19-18-10-15(28-5)6-7-21(18)26(4)22(14)19/h6-11,25,27H,12-13H2,1-5H3. The molecule has 0 aliphatic carbocycles. The third-order valence-corrected chi connectivity index (χ3v) is 5.70.